The Kier molecular flexibility index (Phi) is 5.72. The van der Waals surface area contributed by atoms with E-state index in [9.17, 15) is 13.2 Å². The van der Waals surface area contributed by atoms with E-state index in [1.807, 2.05) is 24.0 Å². The molecule has 2 heterocycles. The van der Waals surface area contributed by atoms with Gasteiger partial charge in [0.2, 0.25) is 15.9 Å². The van der Waals surface area contributed by atoms with Crippen molar-refractivity contribution >= 4 is 27.7 Å². The zero-order valence-electron chi connectivity index (χ0n) is 14.6. The molecule has 1 aromatic carbocycles. The molecule has 1 amide bonds. The topological polar surface area (TPSA) is 78.5 Å². The SMILES string of the molecule is Cc1ccc(C)c(S(=O)(=O)NC[C@@H]2CN[C@H](C(=O)N3CCSC3)C2)c1. The van der Waals surface area contributed by atoms with Gasteiger partial charge < -0.3 is 10.2 Å². The van der Waals surface area contributed by atoms with Gasteiger partial charge in [-0.1, -0.05) is 12.1 Å². The van der Waals surface area contributed by atoms with Crippen LogP contribution in [0.5, 0.6) is 0 Å². The number of amides is 1. The van der Waals surface area contributed by atoms with Crippen molar-refractivity contribution in [2.24, 2.45) is 5.92 Å². The van der Waals surface area contributed by atoms with E-state index in [0.717, 1.165) is 29.3 Å². The number of carbonyl (C=O) groups excluding carboxylic acids is 1. The summed E-state index contributed by atoms with van der Waals surface area (Å²) in [5.41, 5.74) is 1.66. The molecule has 0 unspecified atom stereocenters. The van der Waals surface area contributed by atoms with Crippen LogP contribution in [0.3, 0.4) is 0 Å². The molecule has 2 aliphatic heterocycles. The second-order valence-electron chi connectivity index (χ2n) is 6.82. The minimum absolute atomic E-state index is 0.129. The van der Waals surface area contributed by atoms with E-state index < -0.39 is 10.0 Å². The average Bonchev–Trinajstić information content (AvgIpc) is 3.26. The fourth-order valence-electron chi connectivity index (χ4n) is 3.26. The zero-order valence-corrected chi connectivity index (χ0v) is 16.3. The highest BCUT2D eigenvalue weighted by atomic mass is 32.2. The summed E-state index contributed by atoms with van der Waals surface area (Å²) in [7, 11) is -3.53. The van der Waals surface area contributed by atoms with Crippen molar-refractivity contribution in [3.63, 3.8) is 0 Å². The first-order valence-electron chi connectivity index (χ1n) is 8.53. The summed E-state index contributed by atoms with van der Waals surface area (Å²) in [5, 5.41) is 3.24. The van der Waals surface area contributed by atoms with Gasteiger partial charge >= 0.3 is 0 Å². The predicted molar refractivity (Wildman–Crippen MR) is 100 cm³/mol. The van der Waals surface area contributed by atoms with Crippen molar-refractivity contribution in [2.45, 2.75) is 31.2 Å². The highest BCUT2D eigenvalue weighted by molar-refractivity contribution is 7.99. The van der Waals surface area contributed by atoms with E-state index in [1.54, 1.807) is 24.8 Å². The number of sulfonamides is 1. The Morgan fingerprint density at radius 3 is 2.92 bits per heavy atom. The Morgan fingerprint density at radius 2 is 2.20 bits per heavy atom. The normalized spacial score (nSPS) is 24.0. The molecular weight excluding hydrogens is 358 g/mol. The molecule has 0 bridgehead atoms. The second kappa shape index (κ2) is 7.65. The van der Waals surface area contributed by atoms with E-state index in [1.165, 1.54) is 0 Å². The minimum Gasteiger partial charge on any atom is -0.331 e. The lowest BCUT2D eigenvalue weighted by molar-refractivity contribution is -0.131. The summed E-state index contributed by atoms with van der Waals surface area (Å²) < 4.78 is 27.9. The number of nitrogens with zero attached hydrogens (tertiary/aromatic N) is 1. The van der Waals surface area contributed by atoms with Gasteiger partial charge in [0.05, 0.1) is 16.8 Å². The van der Waals surface area contributed by atoms with E-state index in [-0.39, 0.29) is 17.9 Å². The Bertz CT molecular complexity index is 746. The largest absolute Gasteiger partial charge is 0.331 e. The Morgan fingerprint density at radius 1 is 1.40 bits per heavy atom. The molecule has 2 atom stereocenters. The van der Waals surface area contributed by atoms with Crippen molar-refractivity contribution in [2.75, 3.05) is 31.3 Å². The maximum Gasteiger partial charge on any atom is 0.240 e. The molecule has 138 valence electrons. The molecule has 6 nitrogen and oxygen atoms in total. The van der Waals surface area contributed by atoms with Crippen molar-refractivity contribution in [3.05, 3.63) is 29.3 Å². The van der Waals surface area contributed by atoms with Crippen LogP contribution in [0.15, 0.2) is 23.1 Å². The van der Waals surface area contributed by atoms with E-state index in [2.05, 4.69) is 10.0 Å². The minimum atomic E-state index is -3.53. The van der Waals surface area contributed by atoms with Crippen LogP contribution in [0.2, 0.25) is 0 Å². The third-order valence-corrected chi connectivity index (χ3v) is 7.31. The standard InChI is InChI=1S/C17H25N3O3S2/c1-12-3-4-13(2)16(7-12)25(22,23)19-10-14-8-15(18-9-14)17(21)20-5-6-24-11-20/h3-4,7,14-15,18-19H,5-6,8-11H2,1-2H3/t14-,15-/m0/s1. The summed E-state index contributed by atoms with van der Waals surface area (Å²) in [6.07, 6.45) is 0.676. The first-order valence-corrected chi connectivity index (χ1v) is 11.2. The number of hydrogen-bond acceptors (Lipinski definition) is 5. The van der Waals surface area contributed by atoms with Gasteiger partial charge in [-0.05, 0) is 43.4 Å². The number of carbonyl (C=O) groups is 1. The van der Waals surface area contributed by atoms with Crippen LogP contribution < -0.4 is 10.0 Å². The van der Waals surface area contributed by atoms with Gasteiger partial charge in [0.15, 0.2) is 0 Å². The number of benzene rings is 1. The smallest absolute Gasteiger partial charge is 0.240 e. The Hall–Kier alpha value is -1.09. The summed E-state index contributed by atoms with van der Waals surface area (Å²) >= 11 is 1.77. The van der Waals surface area contributed by atoms with Gasteiger partial charge in [0, 0.05) is 25.4 Å². The highest BCUT2D eigenvalue weighted by Crippen LogP contribution is 2.21. The number of nitrogens with one attached hydrogen (secondary N) is 2. The Labute approximate surface area is 153 Å². The van der Waals surface area contributed by atoms with Crippen LogP contribution >= 0.6 is 11.8 Å². The molecule has 0 aromatic heterocycles. The molecular formula is C17H25N3O3S2. The van der Waals surface area contributed by atoms with Crippen LogP contribution in [0.1, 0.15) is 17.5 Å². The third-order valence-electron chi connectivity index (χ3n) is 4.78. The molecule has 0 spiro atoms. The van der Waals surface area contributed by atoms with Gasteiger partial charge in [-0.3, -0.25) is 4.79 Å². The van der Waals surface area contributed by atoms with Crippen LogP contribution in [0.4, 0.5) is 0 Å². The summed E-state index contributed by atoms with van der Waals surface area (Å²) in [5.74, 6) is 2.03. The van der Waals surface area contributed by atoms with Crippen LogP contribution in [0, 0.1) is 19.8 Å². The molecule has 25 heavy (non-hydrogen) atoms. The maximum atomic E-state index is 12.6. The molecule has 8 heteroatoms. The molecule has 2 saturated heterocycles. The van der Waals surface area contributed by atoms with Gasteiger partial charge in [-0.25, -0.2) is 13.1 Å². The first kappa shape index (κ1) is 18.7. The maximum absolute atomic E-state index is 12.6. The quantitative estimate of drug-likeness (QED) is 0.796. The summed E-state index contributed by atoms with van der Waals surface area (Å²) in [6.45, 7) is 5.50. The van der Waals surface area contributed by atoms with Crippen molar-refractivity contribution in [1.29, 1.82) is 0 Å². The van der Waals surface area contributed by atoms with Crippen LogP contribution in [-0.2, 0) is 14.8 Å². The molecule has 2 aliphatic rings. The second-order valence-corrected chi connectivity index (χ2v) is 9.63. The molecule has 2 fully saturated rings. The lowest BCUT2D eigenvalue weighted by Crippen LogP contribution is -2.42. The van der Waals surface area contributed by atoms with Crippen molar-refractivity contribution < 1.29 is 13.2 Å². The fraction of sp³-hybridized carbons (Fsp3) is 0.588. The van der Waals surface area contributed by atoms with Crippen molar-refractivity contribution in [1.82, 2.24) is 14.9 Å². The highest BCUT2D eigenvalue weighted by Gasteiger charge is 2.33. The van der Waals surface area contributed by atoms with E-state index >= 15 is 0 Å². The summed E-state index contributed by atoms with van der Waals surface area (Å²) in [4.78, 5) is 14.6. The monoisotopic (exact) mass is 383 g/mol. The van der Waals surface area contributed by atoms with Crippen LogP contribution in [0.25, 0.3) is 0 Å². The molecule has 1 aromatic rings. The predicted octanol–water partition coefficient (Wildman–Crippen LogP) is 1.09. The van der Waals surface area contributed by atoms with Crippen LogP contribution in [-0.4, -0.2) is 56.5 Å². The number of hydrogen-bond donors (Lipinski definition) is 2. The molecule has 0 aliphatic carbocycles. The van der Waals surface area contributed by atoms with Gasteiger partial charge in [0.1, 0.15) is 0 Å². The van der Waals surface area contributed by atoms with E-state index in [0.29, 0.717) is 24.4 Å². The lowest BCUT2D eigenvalue weighted by Gasteiger charge is -2.19. The van der Waals surface area contributed by atoms with Gasteiger partial charge in [-0.2, -0.15) is 0 Å². The average molecular weight is 384 g/mol. The van der Waals surface area contributed by atoms with Gasteiger partial charge in [0.25, 0.3) is 0 Å². The third kappa shape index (κ3) is 4.36. The van der Waals surface area contributed by atoms with E-state index in [4.69, 9.17) is 0 Å². The lowest BCUT2D eigenvalue weighted by atomic mass is 10.1. The number of thioether (sulfide) groups is 1. The van der Waals surface area contributed by atoms with Gasteiger partial charge in [-0.15, -0.1) is 11.8 Å². The molecule has 2 N–H and O–H groups in total. The molecule has 0 radical (unpaired) electrons. The summed E-state index contributed by atoms with van der Waals surface area (Å²) in [6, 6.07) is 5.24. The number of rotatable bonds is 5. The van der Waals surface area contributed by atoms with Crippen molar-refractivity contribution in [3.8, 4) is 0 Å². The fourth-order valence-corrected chi connectivity index (χ4v) is 5.66. The number of aryl methyl sites for hydroxylation is 2. The molecule has 0 saturated carbocycles. The first-order chi connectivity index (χ1) is 11.9. The Balaban J connectivity index is 1.57. The molecule has 3 rings (SSSR count). The zero-order chi connectivity index (χ0) is 18.0.